The van der Waals surface area contributed by atoms with E-state index in [1.807, 2.05) is 0 Å². The van der Waals surface area contributed by atoms with Crippen molar-refractivity contribution in [3.63, 3.8) is 0 Å². The molecule has 0 aliphatic heterocycles. The molecule has 0 saturated heterocycles. The second-order valence-electron chi connectivity index (χ2n) is 8.99. The molecule has 1 heterocycles. The molecule has 0 aliphatic carbocycles. The molecule has 39 heavy (non-hydrogen) atoms. The van der Waals surface area contributed by atoms with Gasteiger partial charge in [-0.15, -0.1) is 0 Å². The van der Waals surface area contributed by atoms with Crippen LogP contribution in [0.2, 0.25) is 0 Å². The maximum absolute atomic E-state index is 13.7. The third-order valence-electron chi connectivity index (χ3n) is 6.14. The highest BCUT2D eigenvalue weighted by molar-refractivity contribution is 7.89. The van der Waals surface area contributed by atoms with E-state index >= 15 is 0 Å². The quantitative estimate of drug-likeness (QED) is 0.249. The lowest BCUT2D eigenvalue weighted by Crippen LogP contribution is -2.49. The summed E-state index contributed by atoms with van der Waals surface area (Å²) >= 11 is 0. The van der Waals surface area contributed by atoms with Crippen molar-refractivity contribution in [2.75, 3.05) is 0 Å². The molecule has 1 N–H and O–H groups in total. The molecule has 1 aromatic heterocycles. The van der Waals surface area contributed by atoms with Crippen molar-refractivity contribution < 1.29 is 34.8 Å². The standard InChI is InChI=1S/C28H22F6N2O2S/c1-19-10-15-25(35-18-19)26(17-20-6-3-2-4-7-20,22-8-5-9-23(16-22)28(32,33)34)36-39(37,38)24-13-11-21(12-14-24)27(29,30)31/h2-16,18,36H,17H2,1H3. The van der Waals surface area contributed by atoms with Crippen LogP contribution in [-0.2, 0) is 34.3 Å². The number of sulfonamides is 1. The predicted octanol–water partition coefficient (Wildman–Crippen LogP) is 6.89. The number of pyridine rings is 1. The molecule has 4 aromatic rings. The fraction of sp³-hybridized carbons (Fsp3) is 0.179. The monoisotopic (exact) mass is 564 g/mol. The number of hydrogen-bond acceptors (Lipinski definition) is 3. The topological polar surface area (TPSA) is 59.1 Å². The summed E-state index contributed by atoms with van der Waals surface area (Å²) in [7, 11) is -4.59. The summed E-state index contributed by atoms with van der Waals surface area (Å²) in [6.07, 6.45) is -8.10. The zero-order chi connectivity index (χ0) is 28.5. The molecule has 3 aromatic carbocycles. The van der Waals surface area contributed by atoms with E-state index in [1.165, 1.54) is 24.4 Å². The van der Waals surface area contributed by atoms with Gasteiger partial charge >= 0.3 is 12.4 Å². The van der Waals surface area contributed by atoms with Crippen LogP contribution in [0.4, 0.5) is 26.3 Å². The van der Waals surface area contributed by atoms with Gasteiger partial charge in [0.05, 0.1) is 21.7 Å². The van der Waals surface area contributed by atoms with Gasteiger partial charge < -0.3 is 0 Å². The molecule has 0 amide bonds. The van der Waals surface area contributed by atoms with E-state index in [-0.39, 0.29) is 17.7 Å². The number of hydrogen-bond donors (Lipinski definition) is 1. The van der Waals surface area contributed by atoms with Crippen LogP contribution in [-0.4, -0.2) is 13.4 Å². The summed E-state index contributed by atoms with van der Waals surface area (Å²) in [6.45, 7) is 1.74. The lowest BCUT2D eigenvalue weighted by Gasteiger charge is -2.35. The van der Waals surface area contributed by atoms with Crippen LogP contribution in [0.15, 0.2) is 102 Å². The molecule has 0 aliphatic rings. The first kappa shape index (κ1) is 28.3. The molecule has 204 valence electrons. The Morgan fingerprint density at radius 2 is 1.33 bits per heavy atom. The molecule has 0 fully saturated rings. The number of rotatable bonds is 7. The van der Waals surface area contributed by atoms with Gasteiger partial charge in [0.2, 0.25) is 10.0 Å². The van der Waals surface area contributed by atoms with Crippen molar-refractivity contribution in [1.29, 1.82) is 0 Å². The first-order valence-electron chi connectivity index (χ1n) is 11.6. The average molecular weight is 565 g/mol. The van der Waals surface area contributed by atoms with Crippen LogP contribution >= 0.6 is 0 Å². The van der Waals surface area contributed by atoms with E-state index < -0.39 is 43.9 Å². The Labute approximate surface area is 221 Å². The molecule has 0 spiro atoms. The number of nitrogens with one attached hydrogen (secondary N) is 1. The molecule has 4 rings (SSSR count). The largest absolute Gasteiger partial charge is 0.416 e. The summed E-state index contributed by atoms with van der Waals surface area (Å²) in [4.78, 5) is 3.89. The van der Waals surface area contributed by atoms with Gasteiger partial charge in [-0.1, -0.05) is 48.5 Å². The maximum atomic E-state index is 13.7. The molecular formula is C28H22F6N2O2S. The van der Waals surface area contributed by atoms with E-state index in [0.29, 0.717) is 17.7 Å². The minimum absolute atomic E-state index is 0.0481. The van der Waals surface area contributed by atoms with Crippen LogP contribution in [0.1, 0.15) is 33.5 Å². The SMILES string of the molecule is Cc1ccc(C(Cc2ccccc2)(NS(=O)(=O)c2ccc(C(F)(F)F)cc2)c2cccc(C(F)(F)F)c2)nc1. The lowest BCUT2D eigenvalue weighted by molar-refractivity contribution is -0.138. The predicted molar refractivity (Wildman–Crippen MR) is 133 cm³/mol. The molecule has 4 nitrogen and oxygen atoms in total. The first-order chi connectivity index (χ1) is 18.2. The normalized spacial score (nSPS) is 14.1. The number of benzene rings is 3. The summed E-state index contributed by atoms with van der Waals surface area (Å²) in [5, 5.41) is 0. The Bertz CT molecular complexity index is 1540. The number of halogens is 6. The Morgan fingerprint density at radius 3 is 1.90 bits per heavy atom. The highest BCUT2D eigenvalue weighted by Crippen LogP contribution is 2.38. The number of nitrogens with zero attached hydrogens (tertiary/aromatic N) is 1. The number of alkyl halides is 6. The average Bonchev–Trinajstić information content (AvgIpc) is 2.88. The van der Waals surface area contributed by atoms with Gasteiger partial charge in [-0.3, -0.25) is 4.98 Å². The lowest BCUT2D eigenvalue weighted by atomic mass is 9.81. The van der Waals surface area contributed by atoms with Crippen molar-refractivity contribution in [2.24, 2.45) is 0 Å². The van der Waals surface area contributed by atoms with Gasteiger partial charge in [-0.05, 0) is 66.1 Å². The van der Waals surface area contributed by atoms with E-state index in [9.17, 15) is 34.8 Å². The Hall–Kier alpha value is -3.70. The van der Waals surface area contributed by atoms with E-state index in [2.05, 4.69) is 9.71 Å². The van der Waals surface area contributed by atoms with Gasteiger partial charge in [0.25, 0.3) is 0 Å². The molecule has 0 radical (unpaired) electrons. The Morgan fingerprint density at radius 1 is 0.718 bits per heavy atom. The number of aryl methyl sites for hydroxylation is 1. The third-order valence-corrected chi connectivity index (χ3v) is 7.65. The summed E-state index contributed by atoms with van der Waals surface area (Å²) in [5.41, 5.74) is -2.56. The summed E-state index contributed by atoms with van der Waals surface area (Å²) in [6, 6.07) is 18.7. The smallest absolute Gasteiger partial charge is 0.259 e. The minimum atomic E-state index is -4.72. The van der Waals surface area contributed by atoms with Crippen molar-refractivity contribution in [3.8, 4) is 0 Å². The molecule has 1 unspecified atom stereocenters. The highest BCUT2D eigenvalue weighted by Gasteiger charge is 2.42. The highest BCUT2D eigenvalue weighted by atomic mass is 32.2. The minimum Gasteiger partial charge on any atom is -0.259 e. The van der Waals surface area contributed by atoms with Crippen molar-refractivity contribution >= 4 is 10.0 Å². The van der Waals surface area contributed by atoms with Gasteiger partial charge in [-0.2, -0.15) is 31.1 Å². The van der Waals surface area contributed by atoms with Crippen molar-refractivity contribution in [2.45, 2.75) is 36.1 Å². The molecule has 11 heteroatoms. The molecule has 0 bridgehead atoms. The van der Waals surface area contributed by atoms with Crippen molar-refractivity contribution in [3.05, 3.63) is 131 Å². The molecular weight excluding hydrogens is 542 g/mol. The Kier molecular flexibility index (Phi) is 7.59. The summed E-state index contributed by atoms with van der Waals surface area (Å²) < 4.78 is 110. The van der Waals surface area contributed by atoms with Gasteiger partial charge in [0.1, 0.15) is 5.54 Å². The van der Waals surface area contributed by atoms with Gasteiger partial charge in [0, 0.05) is 12.6 Å². The third kappa shape index (κ3) is 6.31. The second-order valence-corrected chi connectivity index (χ2v) is 10.7. The van der Waals surface area contributed by atoms with E-state index in [0.717, 1.165) is 29.8 Å². The molecule has 1 atom stereocenters. The van der Waals surface area contributed by atoms with Crippen LogP contribution in [0.3, 0.4) is 0 Å². The van der Waals surface area contributed by atoms with Gasteiger partial charge in [0.15, 0.2) is 0 Å². The van der Waals surface area contributed by atoms with Crippen molar-refractivity contribution in [1.82, 2.24) is 9.71 Å². The van der Waals surface area contributed by atoms with E-state index in [4.69, 9.17) is 0 Å². The van der Waals surface area contributed by atoms with Gasteiger partial charge in [-0.25, -0.2) is 8.42 Å². The fourth-order valence-electron chi connectivity index (χ4n) is 4.18. The first-order valence-corrected chi connectivity index (χ1v) is 13.1. The van der Waals surface area contributed by atoms with Crippen LogP contribution in [0.25, 0.3) is 0 Å². The Balaban J connectivity index is 1.95. The fourth-order valence-corrected chi connectivity index (χ4v) is 5.55. The van der Waals surface area contributed by atoms with Crippen LogP contribution in [0.5, 0.6) is 0 Å². The zero-order valence-electron chi connectivity index (χ0n) is 20.4. The zero-order valence-corrected chi connectivity index (χ0v) is 21.2. The summed E-state index contributed by atoms with van der Waals surface area (Å²) in [5.74, 6) is 0. The van der Waals surface area contributed by atoms with Crippen LogP contribution < -0.4 is 4.72 Å². The van der Waals surface area contributed by atoms with E-state index in [1.54, 1.807) is 43.3 Å². The maximum Gasteiger partial charge on any atom is 0.416 e. The molecule has 0 saturated carbocycles. The second kappa shape index (κ2) is 10.5. The van der Waals surface area contributed by atoms with Crippen LogP contribution in [0, 0.1) is 6.92 Å². The number of aromatic nitrogens is 1.